The maximum atomic E-state index is 12.1. The molecule has 0 radical (unpaired) electrons. The number of aliphatic hydroxyl groups is 3. The molecule has 1 unspecified atom stereocenters. The lowest BCUT2D eigenvalue weighted by molar-refractivity contribution is -0.237. The first-order valence-corrected chi connectivity index (χ1v) is 9.86. The predicted octanol–water partition coefficient (Wildman–Crippen LogP) is 2.80. The van der Waals surface area contributed by atoms with Crippen LogP contribution >= 0.6 is 0 Å². The topological polar surface area (TPSA) is 115 Å². The van der Waals surface area contributed by atoms with Crippen LogP contribution in [0.2, 0.25) is 0 Å². The second kappa shape index (κ2) is 11.5. The zero-order valence-corrected chi connectivity index (χ0v) is 15.8. The summed E-state index contributed by atoms with van der Waals surface area (Å²) in [7, 11) is 0. The van der Waals surface area contributed by atoms with Gasteiger partial charge in [0.1, 0.15) is 11.9 Å². The van der Waals surface area contributed by atoms with Gasteiger partial charge in [0.15, 0.2) is 0 Å². The van der Waals surface area contributed by atoms with Gasteiger partial charge in [0.05, 0.1) is 0 Å². The van der Waals surface area contributed by atoms with Gasteiger partial charge < -0.3 is 20.4 Å². The fraction of sp³-hybridized carbons (Fsp3) is 0.800. The summed E-state index contributed by atoms with van der Waals surface area (Å²) in [4.78, 5) is 22.8. The summed E-state index contributed by atoms with van der Waals surface area (Å²) < 4.78 is 0. The second-order valence-electron chi connectivity index (χ2n) is 7.38. The molecule has 0 aliphatic heterocycles. The number of rotatable bonds is 13. The molecule has 6 nitrogen and oxygen atoms in total. The molecule has 26 heavy (non-hydrogen) atoms. The molecule has 4 N–H and O–H groups in total. The summed E-state index contributed by atoms with van der Waals surface area (Å²) in [5.74, 6) is -4.44. The second-order valence-corrected chi connectivity index (χ2v) is 7.38. The third-order valence-corrected chi connectivity index (χ3v) is 5.28. The lowest BCUT2D eigenvalue weighted by Crippen LogP contribution is -2.49. The molecular weight excluding hydrogens is 336 g/mol. The number of ketones is 1. The van der Waals surface area contributed by atoms with Crippen molar-refractivity contribution in [2.24, 2.45) is 11.8 Å². The molecule has 0 heterocycles. The van der Waals surface area contributed by atoms with Crippen LogP contribution in [-0.4, -0.2) is 44.1 Å². The zero-order chi connectivity index (χ0) is 19.6. The van der Waals surface area contributed by atoms with E-state index in [1.165, 1.54) is 25.7 Å². The summed E-state index contributed by atoms with van der Waals surface area (Å²) in [5.41, 5.74) is 0. The fourth-order valence-electron chi connectivity index (χ4n) is 3.55. The zero-order valence-electron chi connectivity index (χ0n) is 15.8. The Balaban J connectivity index is 2.34. The molecule has 3 atom stereocenters. The number of carboxylic acid groups (broad SMARTS) is 1. The van der Waals surface area contributed by atoms with Crippen LogP contribution in [0.15, 0.2) is 12.2 Å². The molecule has 0 aromatic carbocycles. The molecule has 1 saturated carbocycles. The highest BCUT2D eigenvalue weighted by Crippen LogP contribution is 2.34. The molecule has 0 aromatic heterocycles. The van der Waals surface area contributed by atoms with E-state index in [2.05, 4.69) is 19.1 Å². The van der Waals surface area contributed by atoms with Crippen LogP contribution in [0, 0.1) is 11.8 Å². The molecule has 6 heteroatoms. The van der Waals surface area contributed by atoms with Gasteiger partial charge in [0, 0.05) is 12.3 Å². The SMILES string of the molecule is CCCCCCC=C[C@H]1CCC(=O)[C@@H]1CCCCC(O)C(O)(O)C(=O)O. The molecule has 0 spiro atoms. The molecular formula is C20H34O6. The highest BCUT2D eigenvalue weighted by molar-refractivity contribution is 5.83. The van der Waals surface area contributed by atoms with Crippen LogP contribution in [0.25, 0.3) is 0 Å². The van der Waals surface area contributed by atoms with Crippen molar-refractivity contribution in [3.8, 4) is 0 Å². The molecule has 1 aliphatic carbocycles. The van der Waals surface area contributed by atoms with Crippen molar-refractivity contribution in [1.29, 1.82) is 0 Å². The van der Waals surface area contributed by atoms with Crippen molar-refractivity contribution >= 4 is 11.8 Å². The predicted molar refractivity (Wildman–Crippen MR) is 98.4 cm³/mol. The number of carbonyl (C=O) groups excluding carboxylic acids is 1. The van der Waals surface area contributed by atoms with Crippen molar-refractivity contribution in [3.63, 3.8) is 0 Å². The Bertz CT molecular complexity index is 471. The summed E-state index contributed by atoms with van der Waals surface area (Å²) >= 11 is 0. The van der Waals surface area contributed by atoms with E-state index in [-0.39, 0.29) is 24.0 Å². The van der Waals surface area contributed by atoms with Crippen molar-refractivity contribution in [2.45, 2.75) is 89.4 Å². The van der Waals surface area contributed by atoms with E-state index in [9.17, 15) is 24.9 Å². The van der Waals surface area contributed by atoms with Crippen molar-refractivity contribution in [1.82, 2.24) is 0 Å². The molecule has 0 bridgehead atoms. The Hall–Kier alpha value is -1.24. The van der Waals surface area contributed by atoms with E-state index in [4.69, 9.17) is 5.11 Å². The Labute approximate surface area is 155 Å². The number of unbranched alkanes of at least 4 members (excludes halogenated alkanes) is 5. The summed E-state index contributed by atoms with van der Waals surface area (Å²) in [6, 6.07) is 0. The van der Waals surface area contributed by atoms with Gasteiger partial charge in [-0.3, -0.25) is 4.79 Å². The third kappa shape index (κ3) is 7.17. The molecule has 1 aliphatic rings. The maximum absolute atomic E-state index is 12.1. The van der Waals surface area contributed by atoms with Gasteiger partial charge in [-0.2, -0.15) is 0 Å². The number of aliphatic carboxylic acids is 1. The van der Waals surface area contributed by atoms with E-state index in [0.717, 1.165) is 12.8 Å². The highest BCUT2D eigenvalue weighted by Gasteiger charge is 2.41. The third-order valence-electron chi connectivity index (χ3n) is 5.28. The summed E-state index contributed by atoms with van der Waals surface area (Å²) in [6.07, 6.45) is 11.8. The first-order chi connectivity index (χ1) is 12.3. The average molecular weight is 370 g/mol. The Kier molecular flexibility index (Phi) is 10.1. The number of carbonyl (C=O) groups is 2. The monoisotopic (exact) mass is 370 g/mol. The van der Waals surface area contributed by atoms with Crippen molar-refractivity contribution in [3.05, 3.63) is 12.2 Å². The molecule has 0 saturated heterocycles. The Morgan fingerprint density at radius 2 is 1.96 bits per heavy atom. The molecule has 1 rings (SSSR count). The first-order valence-electron chi connectivity index (χ1n) is 9.86. The molecule has 0 aromatic rings. The lowest BCUT2D eigenvalue weighted by Gasteiger charge is -2.23. The quantitative estimate of drug-likeness (QED) is 0.225. The Morgan fingerprint density at radius 1 is 1.23 bits per heavy atom. The average Bonchev–Trinajstić information content (AvgIpc) is 2.94. The van der Waals surface area contributed by atoms with Gasteiger partial charge in [-0.15, -0.1) is 0 Å². The number of aliphatic hydroxyl groups excluding tert-OH is 1. The van der Waals surface area contributed by atoms with Gasteiger partial charge in [-0.25, -0.2) is 4.79 Å². The van der Waals surface area contributed by atoms with Gasteiger partial charge in [0.2, 0.25) is 0 Å². The van der Waals surface area contributed by atoms with Gasteiger partial charge in [-0.1, -0.05) is 51.2 Å². The van der Waals surface area contributed by atoms with Crippen LogP contribution in [0.1, 0.15) is 77.6 Å². The minimum absolute atomic E-state index is 0.00785. The number of hydrogen-bond donors (Lipinski definition) is 4. The van der Waals surface area contributed by atoms with Gasteiger partial charge in [0.25, 0.3) is 5.79 Å². The van der Waals surface area contributed by atoms with Crippen molar-refractivity contribution in [2.75, 3.05) is 0 Å². The van der Waals surface area contributed by atoms with Crippen LogP contribution in [-0.2, 0) is 9.59 Å². The summed E-state index contributed by atoms with van der Waals surface area (Å²) in [6.45, 7) is 2.19. The smallest absolute Gasteiger partial charge is 0.366 e. The number of allylic oxidation sites excluding steroid dienone is 2. The first kappa shape index (κ1) is 22.8. The van der Waals surface area contributed by atoms with Crippen LogP contribution in [0.5, 0.6) is 0 Å². The summed E-state index contributed by atoms with van der Waals surface area (Å²) in [5, 5.41) is 36.8. The maximum Gasteiger partial charge on any atom is 0.366 e. The number of hydrogen-bond acceptors (Lipinski definition) is 5. The van der Waals surface area contributed by atoms with Crippen LogP contribution in [0.3, 0.4) is 0 Å². The highest BCUT2D eigenvalue weighted by atomic mass is 16.6. The van der Waals surface area contributed by atoms with Gasteiger partial charge >= 0.3 is 5.97 Å². The van der Waals surface area contributed by atoms with Gasteiger partial charge in [-0.05, 0) is 38.0 Å². The standard InChI is InChI=1S/C20H34O6/c1-2-3-4-5-6-7-10-15-13-14-17(21)16(15)11-8-9-12-18(22)20(25,26)19(23)24/h7,10,15-16,18,22,25-26H,2-6,8-9,11-14H2,1H3,(H,23,24)/t15-,16+,18?/m0/s1. The van der Waals surface area contributed by atoms with E-state index in [1.807, 2.05) is 0 Å². The van der Waals surface area contributed by atoms with E-state index in [0.29, 0.717) is 25.7 Å². The largest absolute Gasteiger partial charge is 0.477 e. The molecule has 0 amide bonds. The minimum Gasteiger partial charge on any atom is -0.477 e. The lowest BCUT2D eigenvalue weighted by atomic mass is 9.89. The fourth-order valence-corrected chi connectivity index (χ4v) is 3.55. The van der Waals surface area contributed by atoms with E-state index >= 15 is 0 Å². The van der Waals surface area contributed by atoms with Crippen LogP contribution < -0.4 is 0 Å². The van der Waals surface area contributed by atoms with E-state index in [1.54, 1.807) is 0 Å². The number of Topliss-reactive ketones (excluding diaryl/α,β-unsaturated/α-hetero) is 1. The van der Waals surface area contributed by atoms with Crippen LogP contribution in [0.4, 0.5) is 0 Å². The normalized spacial score (nSPS) is 22.2. The number of carboxylic acids is 1. The van der Waals surface area contributed by atoms with E-state index < -0.39 is 17.9 Å². The molecule has 150 valence electrons. The Morgan fingerprint density at radius 3 is 2.62 bits per heavy atom. The molecule has 1 fully saturated rings. The minimum atomic E-state index is -3.12. The van der Waals surface area contributed by atoms with Crippen molar-refractivity contribution < 1.29 is 30.0 Å².